The van der Waals surface area contributed by atoms with Crippen molar-refractivity contribution in [1.29, 1.82) is 0 Å². The predicted octanol–water partition coefficient (Wildman–Crippen LogP) is 2.28. The molecule has 0 heterocycles. The number of hydrogen-bond acceptors (Lipinski definition) is 6. The zero-order valence-corrected chi connectivity index (χ0v) is 16.6. The van der Waals surface area contributed by atoms with Gasteiger partial charge in [-0.25, -0.2) is 9.59 Å². The molecule has 0 bridgehead atoms. The Balaban J connectivity index is 0.000000260. The molecule has 0 aromatic carbocycles. The lowest BCUT2D eigenvalue weighted by Gasteiger charge is -2.22. The molecule has 2 rings (SSSR count). The third kappa shape index (κ3) is 8.51. The third-order valence-corrected chi connectivity index (χ3v) is 3.69. The van der Waals surface area contributed by atoms with E-state index in [-0.39, 0.29) is 12.1 Å². The maximum Gasteiger partial charge on any atom is 0.408 e. The Morgan fingerprint density at radius 1 is 0.923 bits per heavy atom. The molecular formula is C18H32N2O6. The molecule has 0 aliphatic heterocycles. The monoisotopic (exact) mass is 372 g/mol. The third-order valence-electron chi connectivity index (χ3n) is 3.69. The van der Waals surface area contributed by atoms with Crippen molar-refractivity contribution in [3.05, 3.63) is 0 Å². The molecular weight excluding hydrogens is 340 g/mol. The van der Waals surface area contributed by atoms with Gasteiger partial charge in [0.1, 0.15) is 17.5 Å². The second kappa shape index (κ2) is 7.82. The predicted molar refractivity (Wildman–Crippen MR) is 95.8 cm³/mol. The van der Waals surface area contributed by atoms with Gasteiger partial charge in [0.2, 0.25) is 0 Å². The van der Waals surface area contributed by atoms with E-state index in [1.807, 2.05) is 20.8 Å². The minimum Gasteiger partial charge on any atom is -0.444 e. The van der Waals surface area contributed by atoms with Crippen LogP contribution in [0.4, 0.5) is 9.59 Å². The standard InChI is InChI=1S/C9H17NO3.C9H15NO3/c2*1-8(2,3)13-7(12)10-9(6-11)4-5-9/h11H,4-6H2,1-3H3,(H,10,12);6H,4-5H2,1-3H3,(H,10,12). The summed E-state index contributed by atoms with van der Waals surface area (Å²) in [5, 5.41) is 14.1. The number of carbonyl (C=O) groups is 3. The number of carbonyl (C=O) groups excluding carboxylic acids is 3. The van der Waals surface area contributed by atoms with Gasteiger partial charge in [0, 0.05) is 0 Å². The SMILES string of the molecule is CC(C)(C)OC(=O)NC1(C=O)CC1.CC(C)(C)OC(=O)NC1(CO)CC1. The van der Waals surface area contributed by atoms with Crippen LogP contribution in [0.5, 0.6) is 0 Å². The number of aliphatic hydroxyl groups is 1. The molecule has 2 fully saturated rings. The highest BCUT2D eigenvalue weighted by atomic mass is 16.6. The van der Waals surface area contributed by atoms with Crippen LogP contribution in [0.25, 0.3) is 0 Å². The fourth-order valence-electron chi connectivity index (χ4n) is 1.91. The topological polar surface area (TPSA) is 114 Å². The van der Waals surface area contributed by atoms with Crippen molar-refractivity contribution in [3.63, 3.8) is 0 Å². The van der Waals surface area contributed by atoms with E-state index >= 15 is 0 Å². The maximum atomic E-state index is 11.2. The van der Waals surface area contributed by atoms with Crippen LogP contribution >= 0.6 is 0 Å². The van der Waals surface area contributed by atoms with Gasteiger partial charge in [0.25, 0.3) is 0 Å². The molecule has 26 heavy (non-hydrogen) atoms. The Labute approximate surface area is 155 Å². The lowest BCUT2D eigenvalue weighted by atomic mass is 10.2. The maximum absolute atomic E-state index is 11.2. The summed E-state index contributed by atoms with van der Waals surface area (Å²) in [4.78, 5) is 32.9. The van der Waals surface area contributed by atoms with Gasteiger partial charge in [-0.2, -0.15) is 0 Å². The lowest BCUT2D eigenvalue weighted by molar-refractivity contribution is -0.110. The van der Waals surface area contributed by atoms with Gasteiger partial charge in [-0.1, -0.05) is 0 Å². The Morgan fingerprint density at radius 3 is 1.62 bits per heavy atom. The van der Waals surface area contributed by atoms with Crippen LogP contribution in [0.3, 0.4) is 0 Å². The minimum absolute atomic E-state index is 0.00770. The van der Waals surface area contributed by atoms with Gasteiger partial charge in [0.05, 0.1) is 17.7 Å². The molecule has 150 valence electrons. The molecule has 0 aromatic heterocycles. The molecule has 3 N–H and O–H groups in total. The molecule has 0 radical (unpaired) electrons. The highest BCUT2D eigenvalue weighted by Crippen LogP contribution is 2.34. The summed E-state index contributed by atoms with van der Waals surface area (Å²) >= 11 is 0. The number of alkyl carbamates (subject to hydrolysis) is 2. The molecule has 8 nitrogen and oxygen atoms in total. The molecule has 0 saturated heterocycles. The van der Waals surface area contributed by atoms with Crippen molar-refractivity contribution in [2.24, 2.45) is 0 Å². The normalized spacial score (nSPS) is 19.2. The van der Waals surface area contributed by atoms with Gasteiger partial charge in [-0.15, -0.1) is 0 Å². The van der Waals surface area contributed by atoms with Crippen molar-refractivity contribution < 1.29 is 29.0 Å². The Morgan fingerprint density at radius 2 is 1.35 bits per heavy atom. The molecule has 0 aromatic rings. The minimum atomic E-state index is -0.623. The quantitative estimate of drug-likeness (QED) is 0.652. The molecule has 0 spiro atoms. The number of nitrogens with one attached hydrogen (secondary N) is 2. The molecule has 8 heteroatoms. The lowest BCUT2D eigenvalue weighted by Crippen LogP contribution is -2.42. The van der Waals surface area contributed by atoms with Crippen LogP contribution in [0.2, 0.25) is 0 Å². The molecule has 0 unspecified atom stereocenters. The van der Waals surface area contributed by atoms with Crippen molar-refractivity contribution in [2.45, 2.75) is 89.5 Å². The van der Waals surface area contributed by atoms with E-state index in [9.17, 15) is 14.4 Å². The smallest absolute Gasteiger partial charge is 0.408 e. The summed E-state index contributed by atoms with van der Waals surface area (Å²) in [6.45, 7) is 10.8. The highest BCUT2D eigenvalue weighted by molar-refractivity contribution is 5.79. The second-order valence-electron chi connectivity index (χ2n) is 8.97. The van der Waals surface area contributed by atoms with Gasteiger partial charge in [-0.05, 0) is 67.2 Å². The first-order valence-electron chi connectivity index (χ1n) is 8.83. The first-order valence-corrected chi connectivity index (χ1v) is 8.83. The van der Waals surface area contributed by atoms with Crippen LogP contribution in [-0.2, 0) is 14.3 Å². The van der Waals surface area contributed by atoms with Gasteiger partial charge >= 0.3 is 12.2 Å². The van der Waals surface area contributed by atoms with Gasteiger partial charge in [-0.3, -0.25) is 0 Å². The zero-order valence-electron chi connectivity index (χ0n) is 16.6. The van der Waals surface area contributed by atoms with E-state index in [0.29, 0.717) is 0 Å². The van der Waals surface area contributed by atoms with E-state index < -0.39 is 28.9 Å². The molecule has 2 saturated carbocycles. The van der Waals surface area contributed by atoms with E-state index in [2.05, 4.69) is 10.6 Å². The number of aldehydes is 1. The van der Waals surface area contributed by atoms with Crippen molar-refractivity contribution in [3.8, 4) is 0 Å². The summed E-state index contributed by atoms with van der Waals surface area (Å²) in [6, 6.07) is 0. The summed E-state index contributed by atoms with van der Waals surface area (Å²) in [5.74, 6) is 0. The molecule has 2 aliphatic carbocycles. The van der Waals surface area contributed by atoms with E-state index in [1.54, 1.807) is 20.8 Å². The van der Waals surface area contributed by atoms with E-state index in [1.165, 1.54) is 0 Å². The van der Waals surface area contributed by atoms with Crippen LogP contribution in [0, 0.1) is 0 Å². The fourth-order valence-corrected chi connectivity index (χ4v) is 1.91. The van der Waals surface area contributed by atoms with Crippen LogP contribution in [0.15, 0.2) is 0 Å². The summed E-state index contributed by atoms with van der Waals surface area (Å²) in [5.41, 5.74) is -2.00. The van der Waals surface area contributed by atoms with Crippen molar-refractivity contribution in [1.82, 2.24) is 10.6 Å². The molecule has 0 atom stereocenters. The second-order valence-corrected chi connectivity index (χ2v) is 8.97. The van der Waals surface area contributed by atoms with Crippen LogP contribution < -0.4 is 10.6 Å². The number of rotatable bonds is 4. The summed E-state index contributed by atoms with van der Waals surface area (Å²) in [7, 11) is 0. The van der Waals surface area contributed by atoms with Crippen molar-refractivity contribution >= 4 is 18.5 Å². The highest BCUT2D eigenvalue weighted by Gasteiger charge is 2.45. The number of hydrogen-bond donors (Lipinski definition) is 3. The largest absolute Gasteiger partial charge is 0.444 e. The first kappa shape index (κ1) is 22.2. The van der Waals surface area contributed by atoms with E-state index in [4.69, 9.17) is 14.6 Å². The molecule has 2 amide bonds. The number of ether oxygens (including phenoxy) is 2. The van der Waals surface area contributed by atoms with Crippen molar-refractivity contribution in [2.75, 3.05) is 6.61 Å². The zero-order chi connectivity index (χ0) is 20.2. The van der Waals surface area contributed by atoms with Crippen LogP contribution in [0.1, 0.15) is 67.2 Å². The summed E-state index contributed by atoms with van der Waals surface area (Å²) < 4.78 is 10.1. The van der Waals surface area contributed by atoms with E-state index in [0.717, 1.165) is 32.0 Å². The Kier molecular flexibility index (Phi) is 6.68. The Bertz CT molecular complexity index is 525. The van der Waals surface area contributed by atoms with Gasteiger partial charge < -0.3 is 30.0 Å². The number of amides is 2. The van der Waals surface area contributed by atoms with Crippen LogP contribution in [-0.4, -0.2) is 52.5 Å². The molecule has 2 aliphatic rings. The fraction of sp³-hybridized carbons (Fsp3) is 0.833. The van der Waals surface area contributed by atoms with Gasteiger partial charge in [0.15, 0.2) is 0 Å². The average molecular weight is 372 g/mol. The average Bonchev–Trinajstić information content (AvgIpc) is 3.33. The first-order chi connectivity index (χ1) is 11.7. The number of aliphatic hydroxyl groups excluding tert-OH is 1. The Hall–Kier alpha value is -1.83. The summed E-state index contributed by atoms with van der Waals surface area (Å²) in [6.07, 6.45) is 2.92.